The zero-order valence-corrected chi connectivity index (χ0v) is 9.59. The van der Waals surface area contributed by atoms with E-state index in [2.05, 4.69) is 4.90 Å². The third-order valence-corrected chi connectivity index (χ3v) is 4.24. The summed E-state index contributed by atoms with van der Waals surface area (Å²) in [6.45, 7) is 3.59. The predicted molar refractivity (Wildman–Crippen MR) is 60.1 cm³/mol. The Kier molecular flexibility index (Phi) is 2.80. The molecule has 1 fully saturated rings. The third kappa shape index (κ3) is 1.68. The van der Waals surface area contributed by atoms with Gasteiger partial charge in [0.2, 0.25) is 0 Å². The van der Waals surface area contributed by atoms with Crippen LogP contribution in [0, 0.1) is 0 Å². The van der Waals surface area contributed by atoms with Crippen LogP contribution in [-0.2, 0) is 10.3 Å². The van der Waals surface area contributed by atoms with Gasteiger partial charge in [0.25, 0.3) is 0 Å². The van der Waals surface area contributed by atoms with Crippen molar-refractivity contribution in [3.8, 4) is 0 Å². The van der Waals surface area contributed by atoms with Crippen molar-refractivity contribution in [2.45, 2.75) is 25.3 Å². The molecule has 0 radical (unpaired) electrons. The molecule has 1 aliphatic rings. The summed E-state index contributed by atoms with van der Waals surface area (Å²) in [5.41, 5.74) is -0.829. The number of hydrogen-bond donors (Lipinski definition) is 1. The number of nitrogens with zero attached hydrogens (tertiary/aromatic N) is 1. The highest BCUT2D eigenvalue weighted by molar-refractivity contribution is 7.10. The Morgan fingerprint density at radius 1 is 1.53 bits per heavy atom. The van der Waals surface area contributed by atoms with Crippen LogP contribution in [0.5, 0.6) is 0 Å². The van der Waals surface area contributed by atoms with Crippen LogP contribution in [0.15, 0.2) is 17.5 Å². The lowest BCUT2D eigenvalue weighted by Crippen LogP contribution is -2.47. The number of thiophene rings is 1. The first-order chi connectivity index (χ1) is 7.15. The number of likely N-dealkylation sites (tertiary alicyclic amines) is 1. The summed E-state index contributed by atoms with van der Waals surface area (Å²) in [5.74, 6) is -0.744. The van der Waals surface area contributed by atoms with Gasteiger partial charge in [-0.1, -0.05) is 6.07 Å². The van der Waals surface area contributed by atoms with Gasteiger partial charge in [0.05, 0.1) is 0 Å². The van der Waals surface area contributed by atoms with E-state index in [0.29, 0.717) is 0 Å². The highest BCUT2D eigenvalue weighted by Gasteiger charge is 2.43. The van der Waals surface area contributed by atoms with Crippen LogP contribution in [0.4, 0.5) is 0 Å². The van der Waals surface area contributed by atoms with Gasteiger partial charge in [0.15, 0.2) is 5.54 Å². The minimum absolute atomic E-state index is 0.744. The maximum absolute atomic E-state index is 11.5. The topological polar surface area (TPSA) is 40.5 Å². The second kappa shape index (κ2) is 3.94. The van der Waals surface area contributed by atoms with Gasteiger partial charge in [0.1, 0.15) is 0 Å². The van der Waals surface area contributed by atoms with Crippen LogP contribution in [0.1, 0.15) is 24.6 Å². The van der Waals surface area contributed by atoms with Crippen molar-refractivity contribution in [3.63, 3.8) is 0 Å². The molecule has 0 saturated carbocycles. The normalized spacial score (nSPS) is 21.4. The highest BCUT2D eigenvalue weighted by atomic mass is 32.1. The zero-order valence-electron chi connectivity index (χ0n) is 8.77. The second-order valence-electron chi connectivity index (χ2n) is 4.05. The van der Waals surface area contributed by atoms with E-state index in [1.54, 1.807) is 0 Å². The van der Waals surface area contributed by atoms with E-state index in [1.807, 2.05) is 24.4 Å². The molecule has 1 aromatic heterocycles. The largest absolute Gasteiger partial charge is 0.480 e. The van der Waals surface area contributed by atoms with Crippen LogP contribution in [0.3, 0.4) is 0 Å². The molecule has 1 aromatic rings. The molecule has 3 nitrogen and oxygen atoms in total. The van der Waals surface area contributed by atoms with E-state index in [9.17, 15) is 9.90 Å². The number of carboxylic acids is 1. The summed E-state index contributed by atoms with van der Waals surface area (Å²) in [6.07, 6.45) is 2.21. The first kappa shape index (κ1) is 10.6. The van der Waals surface area contributed by atoms with Gasteiger partial charge in [-0.15, -0.1) is 11.3 Å². The lowest BCUT2D eigenvalue weighted by molar-refractivity contribution is -0.150. The summed E-state index contributed by atoms with van der Waals surface area (Å²) in [7, 11) is 0. The summed E-state index contributed by atoms with van der Waals surface area (Å²) < 4.78 is 0. The summed E-state index contributed by atoms with van der Waals surface area (Å²) in [6, 6.07) is 3.83. The van der Waals surface area contributed by atoms with Crippen molar-refractivity contribution in [1.82, 2.24) is 4.90 Å². The molecule has 2 rings (SSSR count). The van der Waals surface area contributed by atoms with E-state index in [-0.39, 0.29) is 0 Å². The molecule has 0 aliphatic carbocycles. The Hall–Kier alpha value is -0.870. The Balaban J connectivity index is 2.35. The molecule has 0 spiro atoms. The summed E-state index contributed by atoms with van der Waals surface area (Å²) in [4.78, 5) is 14.5. The Bertz CT molecular complexity index is 343. The molecule has 82 valence electrons. The van der Waals surface area contributed by atoms with Crippen molar-refractivity contribution in [3.05, 3.63) is 22.4 Å². The minimum atomic E-state index is -0.829. The Morgan fingerprint density at radius 2 is 2.20 bits per heavy atom. The third-order valence-electron chi connectivity index (χ3n) is 3.16. The fourth-order valence-electron chi connectivity index (χ4n) is 2.12. The molecule has 1 unspecified atom stereocenters. The maximum Gasteiger partial charge on any atom is 0.329 e. The van der Waals surface area contributed by atoms with Gasteiger partial charge < -0.3 is 5.11 Å². The van der Waals surface area contributed by atoms with Crippen LogP contribution >= 0.6 is 11.3 Å². The molecule has 1 aliphatic heterocycles. The fourth-order valence-corrected chi connectivity index (χ4v) is 3.02. The molecule has 0 aromatic carbocycles. The maximum atomic E-state index is 11.5. The van der Waals surface area contributed by atoms with Crippen molar-refractivity contribution in [1.29, 1.82) is 0 Å². The molecule has 1 saturated heterocycles. The van der Waals surface area contributed by atoms with E-state index in [0.717, 1.165) is 30.8 Å². The average molecular weight is 225 g/mol. The first-order valence-corrected chi connectivity index (χ1v) is 6.06. The first-order valence-electron chi connectivity index (χ1n) is 5.18. The van der Waals surface area contributed by atoms with Crippen molar-refractivity contribution >= 4 is 17.3 Å². The van der Waals surface area contributed by atoms with Crippen LogP contribution in [-0.4, -0.2) is 29.1 Å². The van der Waals surface area contributed by atoms with E-state index in [4.69, 9.17) is 0 Å². The molecule has 0 bridgehead atoms. The molecule has 1 atom stereocenters. The standard InChI is InChI=1S/C11H15NO2S/c1-11(10(13)14,9-5-4-8-15-9)12-6-2-3-7-12/h4-5,8H,2-3,6-7H2,1H3,(H,13,14). The Morgan fingerprint density at radius 3 is 2.67 bits per heavy atom. The van der Waals surface area contributed by atoms with Gasteiger partial charge in [-0.3, -0.25) is 4.90 Å². The molecular formula is C11H15NO2S. The van der Waals surface area contributed by atoms with Crippen molar-refractivity contribution in [2.75, 3.05) is 13.1 Å². The lowest BCUT2D eigenvalue weighted by Gasteiger charge is -2.33. The monoisotopic (exact) mass is 225 g/mol. The second-order valence-corrected chi connectivity index (χ2v) is 5.00. The molecule has 4 heteroatoms. The molecule has 0 amide bonds. The van der Waals surface area contributed by atoms with Crippen LogP contribution in [0.25, 0.3) is 0 Å². The van der Waals surface area contributed by atoms with Gasteiger partial charge in [-0.25, -0.2) is 4.79 Å². The van der Waals surface area contributed by atoms with Gasteiger partial charge in [-0.05, 0) is 44.3 Å². The summed E-state index contributed by atoms with van der Waals surface area (Å²) >= 11 is 1.52. The van der Waals surface area contributed by atoms with Gasteiger partial charge in [-0.2, -0.15) is 0 Å². The number of aliphatic carboxylic acids is 1. The van der Waals surface area contributed by atoms with Crippen LogP contribution in [0.2, 0.25) is 0 Å². The molecule has 1 N–H and O–H groups in total. The quantitative estimate of drug-likeness (QED) is 0.856. The van der Waals surface area contributed by atoms with E-state index in [1.165, 1.54) is 11.3 Å². The predicted octanol–water partition coefficient (Wildman–Crippen LogP) is 2.14. The van der Waals surface area contributed by atoms with Gasteiger partial charge >= 0.3 is 5.97 Å². The lowest BCUT2D eigenvalue weighted by atomic mass is 9.98. The average Bonchev–Trinajstić information content (AvgIpc) is 2.89. The smallest absolute Gasteiger partial charge is 0.329 e. The van der Waals surface area contributed by atoms with Gasteiger partial charge in [0, 0.05) is 4.88 Å². The highest BCUT2D eigenvalue weighted by Crippen LogP contribution is 2.34. The minimum Gasteiger partial charge on any atom is -0.480 e. The SMILES string of the molecule is CC(C(=O)O)(c1cccs1)N1CCCC1. The van der Waals surface area contributed by atoms with E-state index < -0.39 is 11.5 Å². The van der Waals surface area contributed by atoms with Crippen molar-refractivity contribution < 1.29 is 9.90 Å². The Labute approximate surface area is 93.3 Å². The molecule has 15 heavy (non-hydrogen) atoms. The number of carboxylic acid groups (broad SMARTS) is 1. The number of rotatable bonds is 3. The number of carbonyl (C=O) groups is 1. The zero-order chi connectivity index (χ0) is 10.9. The molecule has 2 heterocycles. The van der Waals surface area contributed by atoms with Crippen LogP contribution < -0.4 is 0 Å². The van der Waals surface area contributed by atoms with E-state index >= 15 is 0 Å². The van der Waals surface area contributed by atoms with Crippen molar-refractivity contribution in [2.24, 2.45) is 0 Å². The summed E-state index contributed by atoms with van der Waals surface area (Å²) in [5, 5.41) is 11.4. The number of hydrogen-bond acceptors (Lipinski definition) is 3. The molecular weight excluding hydrogens is 210 g/mol. The fraction of sp³-hybridized carbons (Fsp3) is 0.545.